The van der Waals surface area contributed by atoms with Gasteiger partial charge < -0.3 is 0 Å². The lowest BCUT2D eigenvalue weighted by Gasteiger charge is -1.83. The van der Waals surface area contributed by atoms with Crippen molar-refractivity contribution in [3.05, 3.63) is 26.4 Å². The Morgan fingerprint density at radius 3 is 2.27 bits per heavy atom. The number of nitro groups is 1. The first-order chi connectivity index (χ1) is 5.22. The molecule has 0 spiro atoms. The Balaban J connectivity index is 0.000000461. The molecule has 62 valence electrons. The van der Waals surface area contributed by atoms with Crippen molar-refractivity contribution < 1.29 is 4.92 Å². The van der Waals surface area contributed by atoms with Gasteiger partial charge in [0.2, 0.25) is 0 Å². The molecular formula is C7H11NO2S. The van der Waals surface area contributed by atoms with Gasteiger partial charge >= 0.3 is 0 Å². The van der Waals surface area contributed by atoms with Crippen molar-refractivity contribution in [3.8, 4) is 0 Å². The van der Waals surface area contributed by atoms with E-state index < -0.39 is 0 Å². The third-order valence-electron chi connectivity index (χ3n) is 1.03. The number of thiophene rings is 1. The van der Waals surface area contributed by atoms with Gasteiger partial charge in [-0.1, -0.05) is 13.8 Å². The first-order valence-electron chi connectivity index (χ1n) is 3.40. The maximum absolute atomic E-state index is 10.1. The number of nitrogens with zero attached hydrogens (tertiary/aromatic N) is 1. The molecule has 1 rings (SSSR count). The van der Waals surface area contributed by atoms with Crippen molar-refractivity contribution in [1.82, 2.24) is 0 Å². The predicted molar refractivity (Wildman–Crippen MR) is 47.1 cm³/mol. The summed E-state index contributed by atoms with van der Waals surface area (Å²) < 4.78 is 0. The van der Waals surface area contributed by atoms with Crippen molar-refractivity contribution in [2.45, 2.75) is 20.8 Å². The average Bonchev–Trinajstić information content (AvgIpc) is 2.39. The van der Waals surface area contributed by atoms with E-state index in [0.29, 0.717) is 0 Å². The summed E-state index contributed by atoms with van der Waals surface area (Å²) >= 11 is 1.39. The average molecular weight is 173 g/mol. The Morgan fingerprint density at radius 1 is 1.55 bits per heavy atom. The van der Waals surface area contributed by atoms with Crippen LogP contribution in [-0.4, -0.2) is 4.92 Å². The molecule has 0 fully saturated rings. The molecular weight excluding hydrogens is 162 g/mol. The van der Waals surface area contributed by atoms with Gasteiger partial charge in [-0.25, -0.2) is 0 Å². The van der Waals surface area contributed by atoms with E-state index in [1.54, 1.807) is 12.3 Å². The van der Waals surface area contributed by atoms with Gasteiger partial charge in [-0.15, -0.1) is 11.3 Å². The predicted octanol–water partition coefficient (Wildman–Crippen LogP) is 2.99. The molecule has 0 saturated heterocycles. The SMILES string of the molecule is CC.Cc1sccc1[N+](=O)[O-]. The Morgan fingerprint density at radius 2 is 2.09 bits per heavy atom. The molecule has 0 N–H and O–H groups in total. The summed E-state index contributed by atoms with van der Waals surface area (Å²) in [4.78, 5) is 10.5. The van der Waals surface area contributed by atoms with Crippen LogP contribution in [0.2, 0.25) is 0 Å². The second kappa shape index (κ2) is 4.85. The van der Waals surface area contributed by atoms with E-state index in [9.17, 15) is 10.1 Å². The summed E-state index contributed by atoms with van der Waals surface area (Å²) in [7, 11) is 0. The maximum Gasteiger partial charge on any atom is 0.282 e. The lowest BCUT2D eigenvalue weighted by atomic mass is 10.4. The summed E-state index contributed by atoms with van der Waals surface area (Å²) in [6, 6.07) is 1.51. The Bertz CT molecular complexity index is 232. The van der Waals surface area contributed by atoms with Crippen LogP contribution in [0.5, 0.6) is 0 Å². The van der Waals surface area contributed by atoms with Gasteiger partial charge in [0.25, 0.3) is 5.69 Å². The monoisotopic (exact) mass is 173 g/mol. The highest BCUT2D eigenvalue weighted by molar-refractivity contribution is 7.10. The van der Waals surface area contributed by atoms with Crippen LogP contribution < -0.4 is 0 Å². The van der Waals surface area contributed by atoms with Gasteiger partial charge in [0.15, 0.2) is 0 Å². The first-order valence-corrected chi connectivity index (χ1v) is 4.28. The van der Waals surface area contributed by atoms with Crippen LogP contribution in [0.4, 0.5) is 5.69 Å². The third kappa shape index (κ3) is 2.67. The Hall–Kier alpha value is -0.900. The normalized spacial score (nSPS) is 8.27. The molecule has 1 aromatic rings. The molecule has 0 aliphatic carbocycles. The van der Waals surface area contributed by atoms with Gasteiger partial charge in [0.05, 0.1) is 9.80 Å². The summed E-state index contributed by atoms with van der Waals surface area (Å²) in [5.41, 5.74) is 0.222. The second-order valence-electron chi connectivity index (χ2n) is 1.62. The van der Waals surface area contributed by atoms with Crippen molar-refractivity contribution in [2.24, 2.45) is 0 Å². The van der Waals surface area contributed by atoms with Gasteiger partial charge in [0.1, 0.15) is 0 Å². The van der Waals surface area contributed by atoms with Crippen LogP contribution >= 0.6 is 11.3 Å². The van der Waals surface area contributed by atoms with Crippen LogP contribution in [0.25, 0.3) is 0 Å². The van der Waals surface area contributed by atoms with Crippen molar-refractivity contribution in [3.63, 3.8) is 0 Å². The van der Waals surface area contributed by atoms with Gasteiger partial charge in [-0.2, -0.15) is 0 Å². The second-order valence-corrected chi connectivity index (χ2v) is 2.74. The summed E-state index contributed by atoms with van der Waals surface area (Å²) in [6.45, 7) is 5.74. The summed E-state index contributed by atoms with van der Waals surface area (Å²) in [5, 5.41) is 11.8. The minimum Gasteiger partial charge on any atom is -0.258 e. The van der Waals surface area contributed by atoms with Gasteiger partial charge in [-0.05, 0) is 12.3 Å². The van der Waals surface area contributed by atoms with Crippen LogP contribution in [0.1, 0.15) is 18.7 Å². The van der Waals surface area contributed by atoms with E-state index in [4.69, 9.17) is 0 Å². The zero-order chi connectivity index (χ0) is 8.85. The maximum atomic E-state index is 10.1. The third-order valence-corrected chi connectivity index (χ3v) is 1.86. The highest BCUT2D eigenvalue weighted by Gasteiger charge is 2.08. The Labute approximate surface area is 69.8 Å². The van der Waals surface area contributed by atoms with E-state index in [-0.39, 0.29) is 10.6 Å². The first kappa shape index (κ1) is 10.1. The zero-order valence-corrected chi connectivity index (χ0v) is 7.64. The molecule has 1 aromatic heterocycles. The van der Waals surface area contributed by atoms with Crippen molar-refractivity contribution in [2.75, 3.05) is 0 Å². The van der Waals surface area contributed by atoms with Gasteiger partial charge in [0, 0.05) is 6.07 Å². The molecule has 0 amide bonds. The smallest absolute Gasteiger partial charge is 0.258 e. The fourth-order valence-electron chi connectivity index (χ4n) is 0.568. The molecule has 0 radical (unpaired) electrons. The molecule has 0 aliphatic rings. The lowest BCUT2D eigenvalue weighted by Crippen LogP contribution is -1.85. The minimum atomic E-state index is -0.369. The lowest BCUT2D eigenvalue weighted by molar-refractivity contribution is -0.385. The van der Waals surface area contributed by atoms with E-state index in [2.05, 4.69) is 0 Å². The fourth-order valence-corrected chi connectivity index (χ4v) is 1.23. The zero-order valence-electron chi connectivity index (χ0n) is 6.83. The molecule has 0 atom stereocenters. The molecule has 0 bridgehead atoms. The van der Waals surface area contributed by atoms with E-state index in [1.807, 2.05) is 13.8 Å². The standard InChI is InChI=1S/C5H5NO2S.C2H6/c1-4-5(6(7)8)2-3-9-4;1-2/h2-3H,1H3;1-2H3. The highest BCUT2D eigenvalue weighted by Crippen LogP contribution is 2.22. The molecule has 3 nitrogen and oxygen atoms in total. The number of aryl methyl sites for hydroxylation is 1. The molecule has 0 unspecified atom stereocenters. The fraction of sp³-hybridized carbons (Fsp3) is 0.429. The molecule has 0 aromatic carbocycles. The van der Waals surface area contributed by atoms with Crippen LogP contribution in [0, 0.1) is 17.0 Å². The van der Waals surface area contributed by atoms with Crippen molar-refractivity contribution >= 4 is 17.0 Å². The van der Waals surface area contributed by atoms with E-state index in [0.717, 1.165) is 4.88 Å². The number of hydrogen-bond donors (Lipinski definition) is 0. The minimum absolute atomic E-state index is 0.222. The Kier molecular flexibility index (Phi) is 4.45. The molecule has 11 heavy (non-hydrogen) atoms. The summed E-state index contributed by atoms with van der Waals surface area (Å²) in [5.74, 6) is 0. The number of rotatable bonds is 1. The molecule has 0 aliphatic heterocycles. The summed E-state index contributed by atoms with van der Waals surface area (Å²) in [6.07, 6.45) is 0. The molecule has 4 heteroatoms. The largest absolute Gasteiger partial charge is 0.282 e. The molecule has 0 saturated carbocycles. The quantitative estimate of drug-likeness (QED) is 0.484. The molecule has 1 heterocycles. The van der Waals surface area contributed by atoms with E-state index in [1.165, 1.54) is 17.4 Å². The highest BCUT2D eigenvalue weighted by atomic mass is 32.1. The van der Waals surface area contributed by atoms with Crippen LogP contribution in [0.15, 0.2) is 11.4 Å². The van der Waals surface area contributed by atoms with Crippen molar-refractivity contribution in [1.29, 1.82) is 0 Å². The van der Waals surface area contributed by atoms with Gasteiger partial charge in [-0.3, -0.25) is 10.1 Å². The van der Waals surface area contributed by atoms with Crippen LogP contribution in [-0.2, 0) is 0 Å². The number of hydrogen-bond acceptors (Lipinski definition) is 3. The topological polar surface area (TPSA) is 43.1 Å². The van der Waals surface area contributed by atoms with E-state index >= 15 is 0 Å². The van der Waals surface area contributed by atoms with Crippen LogP contribution in [0.3, 0.4) is 0 Å².